The Morgan fingerprint density at radius 2 is 2.25 bits per heavy atom. The number of halogens is 2. The standard InChI is InChI=1S/C8H9BrFNO/c9-3-4-12-6-1-2-8(11)7(10)5-6/h1-2,5H,3-4,11H2. The van der Waals surface area contributed by atoms with Gasteiger partial charge in [-0.15, -0.1) is 0 Å². The van der Waals surface area contributed by atoms with E-state index < -0.39 is 5.82 Å². The average molecular weight is 234 g/mol. The quantitative estimate of drug-likeness (QED) is 0.642. The molecule has 4 heteroatoms. The molecular weight excluding hydrogens is 225 g/mol. The summed E-state index contributed by atoms with van der Waals surface area (Å²) in [6.07, 6.45) is 0. The first kappa shape index (κ1) is 9.32. The Balaban J connectivity index is 2.69. The Bertz CT molecular complexity index is 267. The van der Waals surface area contributed by atoms with Crippen LogP contribution < -0.4 is 10.5 Å². The third kappa shape index (κ3) is 2.37. The van der Waals surface area contributed by atoms with Gasteiger partial charge in [0.2, 0.25) is 0 Å². The maximum absolute atomic E-state index is 12.8. The SMILES string of the molecule is Nc1ccc(OCCBr)cc1F. The first-order valence-corrected chi connectivity index (χ1v) is 4.60. The average Bonchev–Trinajstić information content (AvgIpc) is 2.07. The highest BCUT2D eigenvalue weighted by Gasteiger charge is 1.99. The van der Waals surface area contributed by atoms with Crippen molar-refractivity contribution in [3.63, 3.8) is 0 Å². The number of hydrogen-bond donors (Lipinski definition) is 1. The Hall–Kier alpha value is -0.770. The van der Waals surface area contributed by atoms with Gasteiger partial charge in [-0.2, -0.15) is 0 Å². The van der Waals surface area contributed by atoms with Gasteiger partial charge in [0, 0.05) is 11.4 Å². The summed E-state index contributed by atoms with van der Waals surface area (Å²) in [6, 6.07) is 4.40. The highest BCUT2D eigenvalue weighted by atomic mass is 79.9. The number of anilines is 1. The molecule has 66 valence electrons. The van der Waals surface area contributed by atoms with Gasteiger partial charge >= 0.3 is 0 Å². The molecule has 2 N–H and O–H groups in total. The predicted molar refractivity (Wildman–Crippen MR) is 50.1 cm³/mol. The van der Waals surface area contributed by atoms with Crippen LogP contribution in [-0.2, 0) is 0 Å². The van der Waals surface area contributed by atoms with E-state index in [2.05, 4.69) is 15.9 Å². The van der Waals surface area contributed by atoms with Crippen molar-refractivity contribution in [1.82, 2.24) is 0 Å². The molecule has 2 nitrogen and oxygen atoms in total. The minimum absolute atomic E-state index is 0.140. The van der Waals surface area contributed by atoms with Gasteiger partial charge in [0.05, 0.1) is 12.3 Å². The summed E-state index contributed by atoms with van der Waals surface area (Å²) in [5, 5.41) is 0.721. The van der Waals surface area contributed by atoms with Crippen LogP contribution in [0.2, 0.25) is 0 Å². The fourth-order valence-electron chi connectivity index (χ4n) is 0.754. The number of ether oxygens (including phenoxy) is 1. The van der Waals surface area contributed by atoms with Crippen molar-refractivity contribution in [3.8, 4) is 5.75 Å². The summed E-state index contributed by atoms with van der Waals surface area (Å²) < 4.78 is 17.9. The highest BCUT2D eigenvalue weighted by Crippen LogP contribution is 2.17. The van der Waals surface area contributed by atoms with Gasteiger partial charge in [0.15, 0.2) is 0 Å². The van der Waals surface area contributed by atoms with Crippen LogP contribution in [0.1, 0.15) is 0 Å². The molecule has 0 atom stereocenters. The van der Waals surface area contributed by atoms with E-state index in [1.54, 1.807) is 6.07 Å². The van der Waals surface area contributed by atoms with Crippen molar-refractivity contribution in [3.05, 3.63) is 24.0 Å². The minimum Gasteiger partial charge on any atom is -0.493 e. The lowest BCUT2D eigenvalue weighted by atomic mass is 10.3. The molecule has 0 unspecified atom stereocenters. The van der Waals surface area contributed by atoms with Crippen molar-refractivity contribution < 1.29 is 9.13 Å². The third-order valence-electron chi connectivity index (χ3n) is 1.32. The largest absolute Gasteiger partial charge is 0.493 e. The molecule has 12 heavy (non-hydrogen) atoms. The fraction of sp³-hybridized carbons (Fsp3) is 0.250. The van der Waals surface area contributed by atoms with Crippen LogP contribution in [0.25, 0.3) is 0 Å². The van der Waals surface area contributed by atoms with Gasteiger partial charge in [0.25, 0.3) is 0 Å². The molecule has 1 rings (SSSR count). The number of nitrogens with two attached hydrogens (primary N) is 1. The fourth-order valence-corrected chi connectivity index (χ4v) is 0.916. The number of nitrogen functional groups attached to an aromatic ring is 1. The maximum atomic E-state index is 12.8. The van der Waals surface area contributed by atoms with E-state index in [9.17, 15) is 4.39 Å². The van der Waals surface area contributed by atoms with Crippen LogP contribution in [-0.4, -0.2) is 11.9 Å². The zero-order valence-electron chi connectivity index (χ0n) is 6.39. The van der Waals surface area contributed by atoms with E-state index in [0.29, 0.717) is 12.4 Å². The maximum Gasteiger partial charge on any atom is 0.149 e. The van der Waals surface area contributed by atoms with Crippen LogP contribution in [0.15, 0.2) is 18.2 Å². The molecule has 0 fully saturated rings. The van der Waals surface area contributed by atoms with Crippen LogP contribution in [0.4, 0.5) is 10.1 Å². The lowest BCUT2D eigenvalue weighted by Crippen LogP contribution is -1.99. The van der Waals surface area contributed by atoms with Gasteiger partial charge in [-0.05, 0) is 12.1 Å². The normalized spacial score (nSPS) is 9.83. The highest BCUT2D eigenvalue weighted by molar-refractivity contribution is 9.09. The smallest absolute Gasteiger partial charge is 0.149 e. The molecule has 0 aliphatic heterocycles. The van der Waals surface area contributed by atoms with Gasteiger partial charge in [-0.25, -0.2) is 4.39 Å². The van der Waals surface area contributed by atoms with Crippen molar-refractivity contribution in [2.75, 3.05) is 17.7 Å². The molecule has 0 saturated carbocycles. The first-order chi connectivity index (χ1) is 5.74. The zero-order chi connectivity index (χ0) is 8.97. The number of rotatable bonds is 3. The lowest BCUT2D eigenvalue weighted by molar-refractivity contribution is 0.343. The predicted octanol–water partition coefficient (Wildman–Crippen LogP) is 2.18. The molecular formula is C8H9BrFNO. The minimum atomic E-state index is -0.443. The van der Waals surface area contributed by atoms with Crippen LogP contribution in [0, 0.1) is 5.82 Å². The molecule has 0 heterocycles. The summed E-state index contributed by atoms with van der Waals surface area (Å²) in [5.74, 6) is 0.0585. The molecule has 1 aromatic rings. The molecule has 1 aromatic carbocycles. The van der Waals surface area contributed by atoms with E-state index in [0.717, 1.165) is 5.33 Å². The Kier molecular flexibility index (Phi) is 3.34. The lowest BCUT2D eigenvalue weighted by Gasteiger charge is -2.04. The Labute approximate surface area is 78.6 Å². The zero-order valence-corrected chi connectivity index (χ0v) is 7.97. The summed E-state index contributed by atoms with van der Waals surface area (Å²) in [5.41, 5.74) is 5.42. The Morgan fingerprint density at radius 1 is 1.50 bits per heavy atom. The molecule has 0 aliphatic rings. The Morgan fingerprint density at radius 3 is 2.83 bits per heavy atom. The molecule has 0 saturated heterocycles. The molecule has 0 aromatic heterocycles. The van der Waals surface area contributed by atoms with Crippen LogP contribution in [0.5, 0.6) is 5.75 Å². The first-order valence-electron chi connectivity index (χ1n) is 3.48. The number of benzene rings is 1. The van der Waals surface area contributed by atoms with Gasteiger partial charge in [0.1, 0.15) is 11.6 Å². The summed E-state index contributed by atoms with van der Waals surface area (Å²) in [7, 11) is 0. The van der Waals surface area contributed by atoms with E-state index in [4.69, 9.17) is 10.5 Å². The van der Waals surface area contributed by atoms with Crippen LogP contribution >= 0.6 is 15.9 Å². The topological polar surface area (TPSA) is 35.2 Å². The number of hydrogen-bond acceptors (Lipinski definition) is 2. The summed E-state index contributed by atoms with van der Waals surface area (Å²) >= 11 is 3.20. The third-order valence-corrected chi connectivity index (χ3v) is 1.64. The van der Waals surface area contributed by atoms with Crippen LogP contribution in [0.3, 0.4) is 0 Å². The molecule has 0 spiro atoms. The molecule has 0 bridgehead atoms. The monoisotopic (exact) mass is 233 g/mol. The van der Waals surface area contributed by atoms with E-state index in [-0.39, 0.29) is 5.69 Å². The van der Waals surface area contributed by atoms with Crippen molar-refractivity contribution in [2.45, 2.75) is 0 Å². The molecule has 0 aliphatic carbocycles. The van der Waals surface area contributed by atoms with Crippen molar-refractivity contribution in [2.24, 2.45) is 0 Å². The van der Waals surface area contributed by atoms with Crippen molar-refractivity contribution in [1.29, 1.82) is 0 Å². The van der Waals surface area contributed by atoms with E-state index in [1.165, 1.54) is 12.1 Å². The molecule has 0 amide bonds. The molecule has 0 radical (unpaired) electrons. The van der Waals surface area contributed by atoms with E-state index >= 15 is 0 Å². The van der Waals surface area contributed by atoms with Crippen molar-refractivity contribution >= 4 is 21.6 Å². The summed E-state index contributed by atoms with van der Waals surface area (Å²) in [4.78, 5) is 0. The summed E-state index contributed by atoms with van der Waals surface area (Å²) in [6.45, 7) is 0.517. The van der Waals surface area contributed by atoms with Gasteiger partial charge in [-0.3, -0.25) is 0 Å². The number of alkyl halides is 1. The van der Waals surface area contributed by atoms with Gasteiger partial charge in [-0.1, -0.05) is 15.9 Å². The second-order valence-electron chi connectivity index (χ2n) is 2.22. The van der Waals surface area contributed by atoms with E-state index in [1.807, 2.05) is 0 Å². The van der Waals surface area contributed by atoms with Gasteiger partial charge < -0.3 is 10.5 Å². The second kappa shape index (κ2) is 4.30. The second-order valence-corrected chi connectivity index (χ2v) is 3.01.